The molecule has 0 atom stereocenters. The fourth-order valence-electron chi connectivity index (χ4n) is 0.845. The number of halogens is 4. The van der Waals surface area contributed by atoms with Crippen LogP contribution in [0.2, 0.25) is 5.02 Å². The van der Waals surface area contributed by atoms with Gasteiger partial charge in [-0.2, -0.15) is 0 Å². The van der Waals surface area contributed by atoms with E-state index in [1.807, 2.05) is 0 Å². The van der Waals surface area contributed by atoms with Crippen LogP contribution in [0, 0.1) is 0 Å². The van der Waals surface area contributed by atoms with Crippen LogP contribution in [-0.2, 0) is 0 Å². The quantitative estimate of drug-likeness (QED) is 0.811. The summed E-state index contributed by atoms with van der Waals surface area (Å²) >= 11 is 10.4. The Morgan fingerprint density at radius 3 is 2.57 bits per heavy atom. The van der Waals surface area contributed by atoms with Crippen LogP contribution in [0.25, 0.3) is 0 Å². The molecule has 0 aliphatic rings. The van der Waals surface area contributed by atoms with E-state index in [0.29, 0.717) is 0 Å². The molecule has 7 heteroatoms. The molecule has 14 heavy (non-hydrogen) atoms. The van der Waals surface area contributed by atoms with E-state index in [-0.39, 0.29) is 0 Å². The molecule has 1 rings (SSSR count). The van der Waals surface area contributed by atoms with E-state index in [1.54, 1.807) is 0 Å². The van der Waals surface area contributed by atoms with Crippen molar-refractivity contribution in [2.45, 2.75) is 6.43 Å². The van der Waals surface area contributed by atoms with Gasteiger partial charge in [0.2, 0.25) is 0 Å². The number of carbonyl (C=O) groups excluding carboxylic acids is 1. The van der Waals surface area contributed by atoms with Gasteiger partial charge in [-0.15, -0.1) is 0 Å². The van der Waals surface area contributed by atoms with E-state index in [9.17, 15) is 13.6 Å². The van der Waals surface area contributed by atoms with Gasteiger partial charge in [0.05, 0.1) is 16.8 Å². The van der Waals surface area contributed by atoms with E-state index < -0.39 is 33.7 Å². The maximum absolute atomic E-state index is 12.3. The average molecular weight is 242 g/mol. The summed E-state index contributed by atoms with van der Waals surface area (Å²) in [6.07, 6.45) is -2.25. The Morgan fingerprint density at radius 1 is 1.57 bits per heavy atom. The third-order valence-electron chi connectivity index (χ3n) is 1.43. The van der Waals surface area contributed by atoms with Crippen molar-refractivity contribution in [1.29, 1.82) is 0 Å². The molecule has 1 aromatic heterocycles. The zero-order valence-electron chi connectivity index (χ0n) is 6.47. The van der Waals surface area contributed by atoms with E-state index in [1.165, 1.54) is 0 Å². The molecule has 0 aliphatic carbocycles. The predicted octanol–water partition coefficient (Wildman–Crippen LogP) is 2.76. The molecule has 0 unspecified atom stereocenters. The van der Waals surface area contributed by atoms with Crippen LogP contribution >= 0.6 is 23.2 Å². The smallest absolute Gasteiger partial charge is 0.281 e. The first-order valence-corrected chi connectivity index (χ1v) is 4.06. The predicted molar refractivity (Wildman–Crippen MR) is 46.1 cm³/mol. The standard InChI is InChI=1S/C7H3Cl2F2NO2/c8-4-2(13)1-12-5(7(10)11)3(4)6(9)14/h1,7,13H. The number of rotatable bonds is 2. The number of hydrogen-bond acceptors (Lipinski definition) is 3. The molecular formula is C7H3Cl2F2NO2. The fourth-order valence-corrected chi connectivity index (χ4v) is 1.32. The molecule has 0 amide bonds. The zero-order valence-corrected chi connectivity index (χ0v) is 7.98. The topological polar surface area (TPSA) is 50.2 Å². The molecule has 1 heterocycles. The number of alkyl halides is 2. The van der Waals surface area contributed by atoms with E-state index in [2.05, 4.69) is 4.98 Å². The van der Waals surface area contributed by atoms with Gasteiger partial charge < -0.3 is 5.11 Å². The monoisotopic (exact) mass is 241 g/mol. The molecule has 0 spiro atoms. The van der Waals surface area contributed by atoms with Crippen molar-refractivity contribution in [3.05, 3.63) is 22.5 Å². The summed E-state index contributed by atoms with van der Waals surface area (Å²) in [5, 5.41) is 7.30. The number of aromatic hydroxyl groups is 1. The van der Waals surface area contributed by atoms with Gasteiger partial charge in [-0.25, -0.2) is 8.78 Å². The van der Waals surface area contributed by atoms with Crippen molar-refractivity contribution in [2.75, 3.05) is 0 Å². The van der Waals surface area contributed by atoms with E-state index in [0.717, 1.165) is 6.20 Å². The number of carbonyl (C=O) groups is 1. The summed E-state index contributed by atoms with van der Waals surface area (Å²) in [6.45, 7) is 0. The lowest BCUT2D eigenvalue weighted by molar-refractivity contribution is 0.106. The van der Waals surface area contributed by atoms with Crippen LogP contribution in [0.5, 0.6) is 5.75 Å². The highest BCUT2D eigenvalue weighted by Gasteiger charge is 2.23. The average Bonchev–Trinajstić information content (AvgIpc) is 2.08. The molecule has 0 radical (unpaired) electrons. The molecule has 1 N–H and O–H groups in total. The second kappa shape index (κ2) is 4.06. The number of hydrogen-bond donors (Lipinski definition) is 1. The van der Waals surface area contributed by atoms with Gasteiger partial charge in [0.1, 0.15) is 5.69 Å². The Hall–Kier alpha value is -0.940. The minimum absolute atomic E-state index is 0.518. The van der Waals surface area contributed by atoms with Crippen LogP contribution < -0.4 is 0 Å². The Kier molecular flexibility index (Phi) is 3.23. The van der Waals surface area contributed by atoms with E-state index >= 15 is 0 Å². The molecular weight excluding hydrogens is 239 g/mol. The fraction of sp³-hybridized carbons (Fsp3) is 0.143. The minimum Gasteiger partial charge on any atom is -0.505 e. The largest absolute Gasteiger partial charge is 0.505 e. The number of aromatic nitrogens is 1. The summed E-state index contributed by atoms with van der Waals surface area (Å²) in [4.78, 5) is 13.9. The molecule has 0 fully saturated rings. The Morgan fingerprint density at radius 2 is 2.14 bits per heavy atom. The van der Waals surface area contributed by atoms with Crippen molar-refractivity contribution in [3.8, 4) is 5.75 Å². The Labute approximate surface area is 87.3 Å². The lowest BCUT2D eigenvalue weighted by atomic mass is 10.2. The van der Waals surface area contributed by atoms with Gasteiger partial charge in [-0.3, -0.25) is 9.78 Å². The first-order valence-electron chi connectivity index (χ1n) is 3.30. The van der Waals surface area contributed by atoms with Crippen LogP contribution in [0.3, 0.4) is 0 Å². The first kappa shape index (κ1) is 11.1. The van der Waals surface area contributed by atoms with Crippen LogP contribution in [-0.4, -0.2) is 15.3 Å². The molecule has 0 saturated heterocycles. The summed E-state index contributed by atoms with van der Waals surface area (Å²) < 4.78 is 24.6. The van der Waals surface area contributed by atoms with Gasteiger partial charge in [0.25, 0.3) is 11.7 Å². The summed E-state index contributed by atoms with van der Waals surface area (Å²) in [5.74, 6) is -0.569. The van der Waals surface area contributed by atoms with Crippen LogP contribution in [0.15, 0.2) is 6.20 Å². The van der Waals surface area contributed by atoms with Crippen molar-refractivity contribution >= 4 is 28.4 Å². The molecule has 0 aliphatic heterocycles. The maximum atomic E-state index is 12.3. The molecule has 0 aromatic carbocycles. The van der Waals surface area contributed by atoms with Crippen molar-refractivity contribution in [1.82, 2.24) is 4.98 Å². The van der Waals surface area contributed by atoms with Gasteiger partial charge >= 0.3 is 0 Å². The zero-order chi connectivity index (χ0) is 10.9. The van der Waals surface area contributed by atoms with Crippen LogP contribution in [0.1, 0.15) is 22.5 Å². The highest BCUT2D eigenvalue weighted by molar-refractivity contribution is 6.69. The summed E-state index contributed by atoms with van der Waals surface area (Å²) in [5.41, 5.74) is -1.50. The lowest BCUT2D eigenvalue weighted by Crippen LogP contribution is -2.02. The van der Waals surface area contributed by atoms with Gasteiger partial charge in [0.15, 0.2) is 5.75 Å². The summed E-state index contributed by atoms with van der Waals surface area (Å²) in [7, 11) is 0. The molecule has 0 bridgehead atoms. The van der Waals surface area contributed by atoms with Crippen molar-refractivity contribution < 1.29 is 18.7 Å². The number of nitrogens with zero attached hydrogens (tertiary/aromatic N) is 1. The third kappa shape index (κ3) is 1.93. The first-order chi connectivity index (χ1) is 6.45. The Balaban J connectivity index is 3.45. The van der Waals surface area contributed by atoms with E-state index in [4.69, 9.17) is 28.3 Å². The van der Waals surface area contributed by atoms with Crippen molar-refractivity contribution in [2.24, 2.45) is 0 Å². The van der Waals surface area contributed by atoms with Crippen molar-refractivity contribution in [3.63, 3.8) is 0 Å². The van der Waals surface area contributed by atoms with Gasteiger partial charge in [0, 0.05) is 0 Å². The SMILES string of the molecule is O=C(Cl)c1c(C(F)F)ncc(O)c1Cl. The second-order valence-corrected chi connectivity index (χ2v) is 3.01. The number of pyridine rings is 1. The van der Waals surface area contributed by atoms with Gasteiger partial charge in [-0.05, 0) is 11.6 Å². The summed E-state index contributed by atoms with van der Waals surface area (Å²) in [6, 6.07) is 0. The second-order valence-electron chi connectivity index (χ2n) is 2.29. The maximum Gasteiger partial charge on any atom is 0.281 e. The highest BCUT2D eigenvalue weighted by Crippen LogP contribution is 2.33. The minimum atomic E-state index is -2.98. The Bertz CT molecular complexity index is 384. The third-order valence-corrected chi connectivity index (χ3v) is 2.00. The molecule has 3 nitrogen and oxygen atoms in total. The normalized spacial score (nSPS) is 10.6. The van der Waals surface area contributed by atoms with Crippen LogP contribution in [0.4, 0.5) is 8.78 Å². The molecule has 76 valence electrons. The molecule has 0 saturated carbocycles. The van der Waals surface area contributed by atoms with Gasteiger partial charge in [-0.1, -0.05) is 11.6 Å². The lowest BCUT2D eigenvalue weighted by Gasteiger charge is -2.06. The molecule has 1 aromatic rings. The highest BCUT2D eigenvalue weighted by atomic mass is 35.5.